The van der Waals surface area contributed by atoms with Gasteiger partial charge in [0.1, 0.15) is 5.82 Å². The van der Waals surface area contributed by atoms with E-state index in [4.69, 9.17) is 10.1 Å². The van der Waals surface area contributed by atoms with Crippen LogP contribution in [0.5, 0.6) is 0 Å². The number of carbonyl (C=O) groups is 1. The van der Waals surface area contributed by atoms with Gasteiger partial charge in [0.2, 0.25) is 0 Å². The molecule has 1 saturated carbocycles. The van der Waals surface area contributed by atoms with E-state index in [2.05, 4.69) is 18.4 Å². The number of hydrogen-bond donors (Lipinski definition) is 1. The fourth-order valence-electron chi connectivity index (χ4n) is 3.28. The van der Waals surface area contributed by atoms with E-state index in [-0.39, 0.29) is 0 Å². The van der Waals surface area contributed by atoms with Crippen LogP contribution in [0.25, 0.3) is 11.0 Å². The Balaban J connectivity index is 2.04. The molecule has 4 nitrogen and oxygen atoms in total. The van der Waals surface area contributed by atoms with Crippen LogP contribution in [0.2, 0.25) is 0 Å². The molecule has 1 aromatic heterocycles. The lowest BCUT2D eigenvalue weighted by Gasteiger charge is -2.08. The molecule has 3 rings (SSSR count). The van der Waals surface area contributed by atoms with Crippen molar-refractivity contribution < 1.29 is 9.90 Å². The molecule has 0 radical (unpaired) electrons. The van der Waals surface area contributed by atoms with Crippen LogP contribution >= 0.6 is 0 Å². The first kappa shape index (κ1) is 14.1. The molecule has 4 heteroatoms. The van der Waals surface area contributed by atoms with Crippen LogP contribution in [0.3, 0.4) is 0 Å². The molecule has 1 aliphatic carbocycles. The number of benzene rings is 1. The Morgan fingerprint density at radius 2 is 2.19 bits per heavy atom. The minimum absolute atomic E-state index is 0.316. The standard InChI is InChI=1S/C17H22N2O2/c1-3-5-11-10-15(11)19-14-8-7-12(17(20)21)9-13(14)18-16(19)6-4-2/h7-9,11,15H,3-6,10H2,1-2H3,(H,20,21). The predicted molar refractivity (Wildman–Crippen MR) is 82.7 cm³/mol. The van der Waals surface area contributed by atoms with Crippen LogP contribution in [0, 0.1) is 5.92 Å². The maximum absolute atomic E-state index is 11.1. The van der Waals surface area contributed by atoms with Crippen molar-refractivity contribution in [2.24, 2.45) is 5.92 Å². The molecule has 0 aliphatic heterocycles. The lowest BCUT2D eigenvalue weighted by molar-refractivity contribution is 0.0697. The summed E-state index contributed by atoms with van der Waals surface area (Å²) in [4.78, 5) is 15.8. The summed E-state index contributed by atoms with van der Waals surface area (Å²) in [5.41, 5.74) is 2.23. The SMILES string of the molecule is CCCc1nc2cc(C(=O)O)ccc2n1C1CC1CCC. The predicted octanol–water partition coefficient (Wildman–Crippen LogP) is 4.05. The van der Waals surface area contributed by atoms with Crippen LogP contribution in [-0.2, 0) is 6.42 Å². The van der Waals surface area contributed by atoms with Crippen LogP contribution in [-0.4, -0.2) is 20.6 Å². The molecule has 0 spiro atoms. The number of carboxylic acid groups (broad SMARTS) is 1. The van der Waals surface area contributed by atoms with Gasteiger partial charge < -0.3 is 9.67 Å². The van der Waals surface area contributed by atoms with Crippen molar-refractivity contribution in [2.75, 3.05) is 0 Å². The number of carboxylic acids is 1. The monoisotopic (exact) mass is 286 g/mol. The zero-order valence-corrected chi connectivity index (χ0v) is 12.7. The van der Waals surface area contributed by atoms with E-state index in [0.717, 1.165) is 35.6 Å². The minimum Gasteiger partial charge on any atom is -0.478 e. The minimum atomic E-state index is -0.890. The number of fused-ring (bicyclic) bond motifs is 1. The molecular weight excluding hydrogens is 264 g/mol. The molecule has 1 aliphatic rings. The number of imidazole rings is 1. The van der Waals surface area contributed by atoms with Gasteiger partial charge in [0.05, 0.1) is 16.6 Å². The largest absolute Gasteiger partial charge is 0.478 e. The third kappa shape index (κ3) is 2.55. The van der Waals surface area contributed by atoms with Crippen molar-refractivity contribution in [3.05, 3.63) is 29.6 Å². The lowest BCUT2D eigenvalue weighted by Crippen LogP contribution is -2.03. The van der Waals surface area contributed by atoms with Crippen molar-refractivity contribution in [3.63, 3.8) is 0 Å². The van der Waals surface area contributed by atoms with Gasteiger partial charge in [-0.3, -0.25) is 0 Å². The molecule has 0 saturated heterocycles. The molecule has 1 heterocycles. The molecule has 0 amide bonds. The van der Waals surface area contributed by atoms with Crippen molar-refractivity contribution in [1.29, 1.82) is 0 Å². The zero-order chi connectivity index (χ0) is 15.0. The van der Waals surface area contributed by atoms with Crippen molar-refractivity contribution in [2.45, 2.75) is 52.0 Å². The Hall–Kier alpha value is -1.84. The van der Waals surface area contributed by atoms with Gasteiger partial charge >= 0.3 is 5.97 Å². The fraction of sp³-hybridized carbons (Fsp3) is 0.529. The Morgan fingerprint density at radius 3 is 2.86 bits per heavy atom. The zero-order valence-electron chi connectivity index (χ0n) is 12.7. The number of rotatable bonds is 6. The number of nitrogens with zero attached hydrogens (tertiary/aromatic N) is 2. The van der Waals surface area contributed by atoms with Gasteiger partial charge in [-0.1, -0.05) is 20.3 Å². The number of aromatic nitrogens is 2. The van der Waals surface area contributed by atoms with E-state index in [1.807, 2.05) is 6.07 Å². The molecule has 1 aromatic carbocycles. The second kappa shape index (κ2) is 5.51. The van der Waals surface area contributed by atoms with E-state index in [1.54, 1.807) is 12.1 Å². The molecule has 112 valence electrons. The Bertz CT molecular complexity index is 675. The van der Waals surface area contributed by atoms with Crippen LogP contribution in [0.4, 0.5) is 0 Å². The summed E-state index contributed by atoms with van der Waals surface area (Å²) in [6.07, 6.45) is 5.73. The number of aryl methyl sites for hydroxylation is 1. The molecule has 1 fully saturated rings. The van der Waals surface area contributed by atoms with Gasteiger partial charge in [-0.25, -0.2) is 9.78 Å². The average molecular weight is 286 g/mol. The summed E-state index contributed by atoms with van der Waals surface area (Å²) in [5, 5.41) is 9.12. The molecule has 2 unspecified atom stereocenters. The molecule has 2 atom stereocenters. The normalized spacial score (nSPS) is 20.9. The lowest BCUT2D eigenvalue weighted by atomic mass is 10.2. The maximum atomic E-state index is 11.1. The third-order valence-electron chi connectivity index (χ3n) is 4.36. The first-order valence-electron chi connectivity index (χ1n) is 7.89. The first-order chi connectivity index (χ1) is 10.2. The summed E-state index contributed by atoms with van der Waals surface area (Å²) in [6.45, 7) is 4.39. The summed E-state index contributed by atoms with van der Waals surface area (Å²) in [7, 11) is 0. The smallest absolute Gasteiger partial charge is 0.335 e. The summed E-state index contributed by atoms with van der Waals surface area (Å²) >= 11 is 0. The molecular formula is C17H22N2O2. The van der Waals surface area contributed by atoms with Gasteiger partial charge in [-0.05, 0) is 43.4 Å². The van der Waals surface area contributed by atoms with Crippen molar-refractivity contribution in [1.82, 2.24) is 9.55 Å². The Kier molecular flexibility index (Phi) is 3.70. The van der Waals surface area contributed by atoms with Crippen molar-refractivity contribution >= 4 is 17.0 Å². The Labute approximate surface area is 124 Å². The van der Waals surface area contributed by atoms with Crippen LogP contribution < -0.4 is 0 Å². The van der Waals surface area contributed by atoms with Gasteiger partial charge in [0.25, 0.3) is 0 Å². The van der Waals surface area contributed by atoms with E-state index < -0.39 is 5.97 Å². The van der Waals surface area contributed by atoms with Gasteiger partial charge in [0, 0.05) is 12.5 Å². The highest BCUT2D eigenvalue weighted by Crippen LogP contribution is 2.48. The molecule has 21 heavy (non-hydrogen) atoms. The molecule has 1 N–H and O–H groups in total. The average Bonchev–Trinajstić information content (AvgIpc) is 3.11. The third-order valence-corrected chi connectivity index (χ3v) is 4.36. The molecule has 2 aromatic rings. The second-order valence-corrected chi connectivity index (χ2v) is 6.01. The van der Waals surface area contributed by atoms with E-state index in [0.29, 0.717) is 11.6 Å². The molecule has 0 bridgehead atoms. The van der Waals surface area contributed by atoms with Crippen LogP contribution in [0.1, 0.15) is 61.8 Å². The summed E-state index contributed by atoms with van der Waals surface area (Å²) in [6, 6.07) is 5.87. The highest BCUT2D eigenvalue weighted by atomic mass is 16.4. The van der Waals surface area contributed by atoms with Crippen LogP contribution in [0.15, 0.2) is 18.2 Å². The highest BCUT2D eigenvalue weighted by Gasteiger charge is 2.39. The van der Waals surface area contributed by atoms with E-state index in [1.165, 1.54) is 19.3 Å². The van der Waals surface area contributed by atoms with Gasteiger partial charge in [0.15, 0.2) is 0 Å². The van der Waals surface area contributed by atoms with E-state index in [9.17, 15) is 4.79 Å². The maximum Gasteiger partial charge on any atom is 0.335 e. The van der Waals surface area contributed by atoms with Gasteiger partial charge in [-0.2, -0.15) is 0 Å². The summed E-state index contributed by atoms with van der Waals surface area (Å²) in [5.74, 6) is 0.986. The van der Waals surface area contributed by atoms with E-state index >= 15 is 0 Å². The fourth-order valence-corrected chi connectivity index (χ4v) is 3.28. The first-order valence-corrected chi connectivity index (χ1v) is 7.89. The number of aromatic carboxylic acids is 1. The Morgan fingerprint density at radius 1 is 1.38 bits per heavy atom. The topological polar surface area (TPSA) is 55.1 Å². The van der Waals surface area contributed by atoms with Crippen molar-refractivity contribution in [3.8, 4) is 0 Å². The number of hydrogen-bond acceptors (Lipinski definition) is 2. The highest BCUT2D eigenvalue weighted by molar-refractivity contribution is 5.92. The quantitative estimate of drug-likeness (QED) is 0.871. The van der Waals surface area contributed by atoms with Gasteiger partial charge in [-0.15, -0.1) is 0 Å². The summed E-state index contributed by atoms with van der Waals surface area (Å²) < 4.78 is 2.37. The second-order valence-electron chi connectivity index (χ2n) is 6.01.